The number of nitrogens with one attached hydrogen (secondary N) is 1. The molecule has 110 valence electrons. The Balaban J connectivity index is 2.00. The number of hydrogen-bond donors (Lipinski definition) is 2. The molecule has 0 heterocycles. The molecular weight excluding hydrogens is 236 g/mol. The molecular formula is C16H30N2O. The Bertz CT molecular complexity index is 330. The van der Waals surface area contributed by atoms with Gasteiger partial charge in [-0.25, -0.2) is 0 Å². The molecule has 0 saturated heterocycles. The molecule has 2 fully saturated rings. The Labute approximate surface area is 117 Å². The van der Waals surface area contributed by atoms with Gasteiger partial charge in [0, 0.05) is 0 Å². The smallest absolute Gasteiger partial charge is 0.237 e. The quantitative estimate of drug-likeness (QED) is 0.769. The van der Waals surface area contributed by atoms with Gasteiger partial charge in [0.15, 0.2) is 0 Å². The Hall–Kier alpha value is -0.570. The van der Waals surface area contributed by atoms with Crippen LogP contribution in [0, 0.1) is 17.3 Å². The van der Waals surface area contributed by atoms with Gasteiger partial charge in [-0.05, 0) is 62.3 Å². The molecule has 0 aromatic carbocycles. The van der Waals surface area contributed by atoms with Crippen LogP contribution in [-0.2, 0) is 4.79 Å². The normalized spacial score (nSPS) is 32.9. The van der Waals surface area contributed by atoms with E-state index in [2.05, 4.69) is 26.1 Å². The summed E-state index contributed by atoms with van der Waals surface area (Å²) in [4.78, 5) is 12.0. The maximum absolute atomic E-state index is 12.0. The molecule has 0 bridgehead atoms. The molecule has 2 rings (SSSR count). The molecule has 3 nitrogen and oxygen atoms in total. The van der Waals surface area contributed by atoms with Crippen LogP contribution in [-0.4, -0.2) is 18.0 Å². The summed E-state index contributed by atoms with van der Waals surface area (Å²) >= 11 is 0. The largest absolute Gasteiger partial charge is 0.368 e. The van der Waals surface area contributed by atoms with Crippen LogP contribution in [0.2, 0.25) is 0 Å². The van der Waals surface area contributed by atoms with Crippen molar-refractivity contribution in [1.82, 2.24) is 5.32 Å². The second kappa shape index (κ2) is 5.43. The first kappa shape index (κ1) is 14.8. The average molecular weight is 266 g/mol. The van der Waals surface area contributed by atoms with E-state index >= 15 is 0 Å². The molecule has 0 radical (unpaired) electrons. The summed E-state index contributed by atoms with van der Waals surface area (Å²) in [7, 11) is 0. The number of carbonyl (C=O) groups is 1. The molecule has 2 atom stereocenters. The second-order valence-electron chi connectivity index (χ2n) is 7.76. The topological polar surface area (TPSA) is 55.1 Å². The molecule has 3 heteroatoms. The van der Waals surface area contributed by atoms with Crippen molar-refractivity contribution in [1.29, 1.82) is 0 Å². The van der Waals surface area contributed by atoms with Crippen molar-refractivity contribution in [2.24, 2.45) is 23.0 Å². The lowest BCUT2D eigenvalue weighted by atomic mass is 9.76. The van der Waals surface area contributed by atoms with E-state index in [1.807, 2.05) is 0 Å². The van der Waals surface area contributed by atoms with Crippen molar-refractivity contribution in [2.75, 3.05) is 6.54 Å². The fourth-order valence-corrected chi connectivity index (χ4v) is 3.38. The molecule has 2 aliphatic rings. The summed E-state index contributed by atoms with van der Waals surface area (Å²) in [6.45, 7) is 7.91. The van der Waals surface area contributed by atoms with E-state index in [1.54, 1.807) is 0 Å². The first-order valence-corrected chi connectivity index (χ1v) is 7.88. The monoisotopic (exact) mass is 266 g/mol. The zero-order valence-corrected chi connectivity index (χ0v) is 12.8. The lowest BCUT2D eigenvalue weighted by Gasteiger charge is -2.32. The standard InChI is InChI=1S/C16H30N2O/c1-15(2,3)13-5-4-9-16(10-8-13,14(17)19)18-11-12-6-7-12/h12-13,18H,4-11H2,1-3H3,(H2,17,19). The molecule has 3 N–H and O–H groups in total. The molecule has 2 saturated carbocycles. The van der Waals surface area contributed by atoms with Crippen molar-refractivity contribution < 1.29 is 4.79 Å². The zero-order chi connectivity index (χ0) is 14.1. The van der Waals surface area contributed by atoms with E-state index in [-0.39, 0.29) is 5.91 Å². The minimum Gasteiger partial charge on any atom is -0.368 e. The molecule has 19 heavy (non-hydrogen) atoms. The van der Waals surface area contributed by atoms with Gasteiger partial charge < -0.3 is 11.1 Å². The highest BCUT2D eigenvalue weighted by molar-refractivity contribution is 5.84. The highest BCUT2D eigenvalue weighted by Gasteiger charge is 2.41. The Morgan fingerprint density at radius 3 is 2.42 bits per heavy atom. The van der Waals surface area contributed by atoms with Crippen LogP contribution < -0.4 is 11.1 Å². The first-order chi connectivity index (χ1) is 8.83. The summed E-state index contributed by atoms with van der Waals surface area (Å²) in [5, 5.41) is 3.53. The molecule has 0 spiro atoms. The Kier molecular flexibility index (Phi) is 4.24. The second-order valence-corrected chi connectivity index (χ2v) is 7.76. The maximum Gasteiger partial charge on any atom is 0.237 e. The van der Waals surface area contributed by atoms with Crippen molar-refractivity contribution in [3.63, 3.8) is 0 Å². The molecule has 0 aromatic rings. The molecule has 2 unspecified atom stereocenters. The third-order valence-corrected chi connectivity index (χ3v) is 5.20. The van der Waals surface area contributed by atoms with Crippen LogP contribution in [0.15, 0.2) is 0 Å². The van der Waals surface area contributed by atoms with Crippen LogP contribution in [0.5, 0.6) is 0 Å². The fraction of sp³-hybridized carbons (Fsp3) is 0.938. The zero-order valence-electron chi connectivity index (χ0n) is 12.8. The number of hydrogen-bond acceptors (Lipinski definition) is 2. The number of nitrogens with two attached hydrogens (primary N) is 1. The van der Waals surface area contributed by atoms with Gasteiger partial charge in [-0.2, -0.15) is 0 Å². The third-order valence-electron chi connectivity index (χ3n) is 5.20. The molecule has 1 amide bonds. The average Bonchev–Trinajstić information content (AvgIpc) is 3.12. The van der Waals surface area contributed by atoms with Gasteiger partial charge in [-0.15, -0.1) is 0 Å². The molecule has 2 aliphatic carbocycles. The van der Waals surface area contributed by atoms with Crippen molar-refractivity contribution in [2.45, 2.75) is 71.3 Å². The maximum atomic E-state index is 12.0. The fourth-order valence-electron chi connectivity index (χ4n) is 3.38. The minimum atomic E-state index is -0.428. The highest BCUT2D eigenvalue weighted by atomic mass is 16.1. The number of carbonyl (C=O) groups excluding carboxylic acids is 1. The van der Waals surface area contributed by atoms with Gasteiger partial charge >= 0.3 is 0 Å². The van der Waals surface area contributed by atoms with E-state index in [0.29, 0.717) is 11.3 Å². The number of rotatable bonds is 4. The third kappa shape index (κ3) is 3.71. The van der Waals surface area contributed by atoms with Crippen LogP contribution in [0.25, 0.3) is 0 Å². The van der Waals surface area contributed by atoms with Crippen molar-refractivity contribution in [3.8, 4) is 0 Å². The first-order valence-electron chi connectivity index (χ1n) is 7.88. The van der Waals surface area contributed by atoms with Gasteiger partial charge in [-0.1, -0.05) is 27.2 Å². The van der Waals surface area contributed by atoms with Gasteiger partial charge in [-0.3, -0.25) is 4.79 Å². The minimum absolute atomic E-state index is 0.136. The van der Waals surface area contributed by atoms with E-state index < -0.39 is 5.54 Å². The molecule has 0 aliphatic heterocycles. The summed E-state index contributed by atoms with van der Waals surface area (Å²) in [6, 6.07) is 0. The highest BCUT2D eigenvalue weighted by Crippen LogP contribution is 2.40. The van der Waals surface area contributed by atoms with Crippen LogP contribution in [0.4, 0.5) is 0 Å². The van der Waals surface area contributed by atoms with Crippen LogP contribution in [0.1, 0.15) is 65.7 Å². The van der Waals surface area contributed by atoms with E-state index in [0.717, 1.165) is 38.1 Å². The SMILES string of the molecule is CC(C)(C)C1CCCC(NCC2CC2)(C(N)=O)CC1. The van der Waals surface area contributed by atoms with Crippen molar-refractivity contribution in [3.05, 3.63) is 0 Å². The van der Waals surface area contributed by atoms with E-state index in [1.165, 1.54) is 19.3 Å². The van der Waals surface area contributed by atoms with E-state index in [4.69, 9.17) is 5.73 Å². The number of amides is 1. The summed E-state index contributed by atoms with van der Waals surface area (Å²) in [5.74, 6) is 1.36. The predicted molar refractivity (Wildman–Crippen MR) is 78.7 cm³/mol. The van der Waals surface area contributed by atoms with Crippen LogP contribution >= 0.6 is 0 Å². The van der Waals surface area contributed by atoms with Gasteiger partial charge in [0.2, 0.25) is 5.91 Å². The lowest BCUT2D eigenvalue weighted by Crippen LogP contribution is -2.55. The predicted octanol–water partition coefficient (Wildman–Crippen LogP) is 2.84. The van der Waals surface area contributed by atoms with Gasteiger partial charge in [0.05, 0.1) is 5.54 Å². The van der Waals surface area contributed by atoms with Crippen LogP contribution in [0.3, 0.4) is 0 Å². The lowest BCUT2D eigenvalue weighted by molar-refractivity contribution is -0.125. The Morgan fingerprint density at radius 1 is 1.21 bits per heavy atom. The summed E-state index contributed by atoms with van der Waals surface area (Å²) in [5.41, 5.74) is 5.64. The van der Waals surface area contributed by atoms with Gasteiger partial charge in [0.25, 0.3) is 0 Å². The molecule has 0 aromatic heterocycles. The summed E-state index contributed by atoms with van der Waals surface area (Å²) < 4.78 is 0. The Morgan fingerprint density at radius 2 is 1.89 bits per heavy atom. The van der Waals surface area contributed by atoms with Gasteiger partial charge in [0.1, 0.15) is 0 Å². The number of primary amides is 1. The van der Waals surface area contributed by atoms with Crippen molar-refractivity contribution >= 4 is 5.91 Å². The summed E-state index contributed by atoms with van der Waals surface area (Å²) in [6.07, 6.45) is 7.91. The van der Waals surface area contributed by atoms with E-state index in [9.17, 15) is 4.79 Å².